The van der Waals surface area contributed by atoms with E-state index in [0.717, 1.165) is 12.1 Å². The van der Waals surface area contributed by atoms with Crippen LogP contribution in [0.5, 0.6) is 0 Å². The molecule has 2 aromatic rings. The van der Waals surface area contributed by atoms with Gasteiger partial charge in [0.1, 0.15) is 5.82 Å². The second-order valence-corrected chi connectivity index (χ2v) is 2.72. The Morgan fingerprint density at radius 3 is 2.64 bits per heavy atom. The van der Waals surface area contributed by atoms with E-state index in [0.29, 0.717) is 6.07 Å². The lowest BCUT2D eigenvalue weighted by atomic mass is 10.2. The largest absolute Gasteiger partial charge is 0.475 e. The van der Waals surface area contributed by atoms with Crippen LogP contribution in [0.4, 0.5) is 8.78 Å². The molecule has 0 atom stereocenters. The Hall–Kier alpha value is -1.91. The summed E-state index contributed by atoms with van der Waals surface area (Å²) in [7, 11) is 0. The highest BCUT2D eigenvalue weighted by molar-refractivity contribution is 5.91. The number of hydrogen-bond donors (Lipinski definition) is 1. The molecule has 0 radical (unpaired) electrons. The molecule has 2 rings (SSSR count). The number of furan rings is 1. The zero-order valence-corrected chi connectivity index (χ0v) is 6.75. The lowest BCUT2D eigenvalue weighted by Gasteiger charge is -1.90. The summed E-state index contributed by atoms with van der Waals surface area (Å²) < 4.78 is 30.3. The van der Waals surface area contributed by atoms with Gasteiger partial charge < -0.3 is 9.52 Å². The van der Waals surface area contributed by atoms with Crippen LogP contribution in [-0.2, 0) is 0 Å². The maximum absolute atomic E-state index is 13.0. The molecule has 0 saturated heterocycles. The van der Waals surface area contributed by atoms with E-state index in [1.165, 1.54) is 0 Å². The summed E-state index contributed by atoms with van der Waals surface area (Å²) in [6.45, 7) is 0. The molecule has 0 spiro atoms. The van der Waals surface area contributed by atoms with Gasteiger partial charge in [-0.05, 0) is 12.1 Å². The molecule has 1 aromatic heterocycles. The smallest absolute Gasteiger partial charge is 0.371 e. The van der Waals surface area contributed by atoms with Crippen LogP contribution in [0.25, 0.3) is 11.0 Å². The zero-order chi connectivity index (χ0) is 10.3. The average molecular weight is 198 g/mol. The van der Waals surface area contributed by atoms with Gasteiger partial charge in [0, 0.05) is 11.5 Å². The van der Waals surface area contributed by atoms with Crippen molar-refractivity contribution >= 4 is 16.9 Å². The molecule has 0 amide bonds. The van der Waals surface area contributed by atoms with Crippen molar-refractivity contribution in [1.82, 2.24) is 0 Å². The van der Waals surface area contributed by atoms with Gasteiger partial charge in [-0.3, -0.25) is 0 Å². The normalized spacial score (nSPS) is 10.7. The van der Waals surface area contributed by atoms with Crippen LogP contribution >= 0.6 is 0 Å². The number of carboxylic acids is 1. The van der Waals surface area contributed by atoms with Gasteiger partial charge in [-0.25, -0.2) is 13.6 Å². The van der Waals surface area contributed by atoms with Crippen LogP contribution in [0.2, 0.25) is 0 Å². The molecule has 0 unspecified atom stereocenters. The molecular weight excluding hydrogens is 194 g/mol. The number of carbonyl (C=O) groups is 1. The number of carboxylic acid groups (broad SMARTS) is 1. The maximum Gasteiger partial charge on any atom is 0.371 e. The van der Waals surface area contributed by atoms with Crippen molar-refractivity contribution in [3.8, 4) is 0 Å². The molecule has 0 bridgehead atoms. The van der Waals surface area contributed by atoms with Gasteiger partial charge in [-0.15, -0.1) is 0 Å². The molecule has 1 N–H and O–H groups in total. The first-order valence-corrected chi connectivity index (χ1v) is 3.70. The van der Waals surface area contributed by atoms with Crippen molar-refractivity contribution < 1.29 is 23.1 Å². The minimum atomic E-state index is -1.32. The first-order chi connectivity index (χ1) is 6.58. The van der Waals surface area contributed by atoms with E-state index in [9.17, 15) is 13.6 Å². The standard InChI is InChI=1S/C9H4F2O3/c10-5-1-4-2-7(9(12)13)14-8(4)6(11)3-5/h1-3H,(H,12,13). The van der Waals surface area contributed by atoms with E-state index in [-0.39, 0.29) is 11.0 Å². The number of rotatable bonds is 1. The molecule has 0 aliphatic carbocycles. The van der Waals surface area contributed by atoms with Crippen LogP contribution in [0.3, 0.4) is 0 Å². The molecule has 0 fully saturated rings. The van der Waals surface area contributed by atoms with Crippen molar-refractivity contribution in [2.75, 3.05) is 0 Å². The highest BCUT2D eigenvalue weighted by Crippen LogP contribution is 2.23. The Kier molecular flexibility index (Phi) is 1.73. The summed E-state index contributed by atoms with van der Waals surface area (Å²) in [6, 6.07) is 2.72. The van der Waals surface area contributed by atoms with Crippen molar-refractivity contribution in [3.63, 3.8) is 0 Å². The first-order valence-electron chi connectivity index (χ1n) is 3.70. The van der Waals surface area contributed by atoms with Gasteiger partial charge in [0.2, 0.25) is 5.76 Å². The summed E-state index contributed by atoms with van der Waals surface area (Å²) in [4.78, 5) is 10.5. The van der Waals surface area contributed by atoms with E-state index in [1.807, 2.05) is 0 Å². The quantitative estimate of drug-likeness (QED) is 0.765. The highest BCUT2D eigenvalue weighted by Gasteiger charge is 2.14. The minimum Gasteiger partial charge on any atom is -0.475 e. The molecule has 14 heavy (non-hydrogen) atoms. The third-order valence-electron chi connectivity index (χ3n) is 1.75. The predicted molar refractivity (Wildman–Crippen MR) is 43.1 cm³/mol. The maximum atomic E-state index is 13.0. The fraction of sp³-hybridized carbons (Fsp3) is 0. The monoisotopic (exact) mass is 198 g/mol. The second kappa shape index (κ2) is 2.80. The highest BCUT2D eigenvalue weighted by atomic mass is 19.1. The molecule has 0 saturated carbocycles. The number of fused-ring (bicyclic) bond motifs is 1. The van der Waals surface area contributed by atoms with Crippen molar-refractivity contribution in [3.05, 3.63) is 35.6 Å². The van der Waals surface area contributed by atoms with Crippen molar-refractivity contribution in [2.24, 2.45) is 0 Å². The topological polar surface area (TPSA) is 50.4 Å². The average Bonchev–Trinajstić information content (AvgIpc) is 2.47. The fourth-order valence-electron chi connectivity index (χ4n) is 1.18. The van der Waals surface area contributed by atoms with E-state index >= 15 is 0 Å². The van der Waals surface area contributed by atoms with Gasteiger partial charge in [-0.1, -0.05) is 0 Å². The summed E-state index contributed by atoms with van der Waals surface area (Å²) in [5, 5.41) is 8.63. The summed E-state index contributed by atoms with van der Waals surface area (Å²) in [5.74, 6) is -3.41. The SMILES string of the molecule is O=C(O)c1cc2cc(F)cc(F)c2o1. The Morgan fingerprint density at radius 1 is 1.29 bits per heavy atom. The van der Waals surface area contributed by atoms with E-state index in [4.69, 9.17) is 5.11 Å². The minimum absolute atomic E-state index is 0.0971. The fourth-order valence-corrected chi connectivity index (χ4v) is 1.18. The molecule has 72 valence electrons. The molecular formula is C9H4F2O3. The Bertz CT molecular complexity index is 516. The first kappa shape index (κ1) is 8.68. The number of halogens is 2. The van der Waals surface area contributed by atoms with Gasteiger partial charge >= 0.3 is 5.97 Å². The van der Waals surface area contributed by atoms with Gasteiger partial charge in [-0.2, -0.15) is 0 Å². The second-order valence-electron chi connectivity index (χ2n) is 2.72. The van der Waals surface area contributed by atoms with Gasteiger partial charge in [0.05, 0.1) is 0 Å². The Morgan fingerprint density at radius 2 is 2.00 bits per heavy atom. The van der Waals surface area contributed by atoms with Crippen LogP contribution in [0.15, 0.2) is 22.6 Å². The third-order valence-corrected chi connectivity index (χ3v) is 1.75. The zero-order valence-electron chi connectivity index (χ0n) is 6.75. The van der Waals surface area contributed by atoms with Crippen LogP contribution in [-0.4, -0.2) is 11.1 Å². The van der Waals surface area contributed by atoms with Crippen molar-refractivity contribution in [2.45, 2.75) is 0 Å². The van der Waals surface area contributed by atoms with Crippen LogP contribution in [0.1, 0.15) is 10.6 Å². The Balaban J connectivity index is 2.76. The molecule has 5 heteroatoms. The predicted octanol–water partition coefficient (Wildman–Crippen LogP) is 2.41. The summed E-state index contributed by atoms with van der Waals surface area (Å²) in [6.07, 6.45) is 0. The van der Waals surface area contributed by atoms with E-state index in [1.54, 1.807) is 0 Å². The third kappa shape index (κ3) is 1.22. The van der Waals surface area contributed by atoms with Crippen LogP contribution in [0, 0.1) is 11.6 Å². The molecule has 0 aliphatic rings. The van der Waals surface area contributed by atoms with Gasteiger partial charge in [0.25, 0.3) is 0 Å². The summed E-state index contributed by atoms with van der Waals surface area (Å²) >= 11 is 0. The molecule has 1 aromatic carbocycles. The van der Waals surface area contributed by atoms with Crippen molar-refractivity contribution in [1.29, 1.82) is 0 Å². The number of hydrogen-bond acceptors (Lipinski definition) is 2. The lowest BCUT2D eigenvalue weighted by molar-refractivity contribution is 0.0665. The number of benzene rings is 1. The Labute approximate surface area is 76.6 Å². The molecule has 3 nitrogen and oxygen atoms in total. The van der Waals surface area contributed by atoms with E-state index in [2.05, 4.69) is 4.42 Å². The number of aromatic carboxylic acids is 1. The summed E-state index contributed by atoms with van der Waals surface area (Å²) in [5.41, 5.74) is -0.246. The molecule has 0 aliphatic heterocycles. The lowest BCUT2D eigenvalue weighted by Crippen LogP contribution is -1.91. The van der Waals surface area contributed by atoms with Gasteiger partial charge in [0.15, 0.2) is 11.4 Å². The molecule has 1 heterocycles. The van der Waals surface area contributed by atoms with E-state index < -0.39 is 23.4 Å². The van der Waals surface area contributed by atoms with Crippen LogP contribution < -0.4 is 0 Å².